The van der Waals surface area contributed by atoms with Crippen LogP contribution in [0.25, 0.3) is 0 Å². The van der Waals surface area contributed by atoms with Crippen molar-refractivity contribution < 1.29 is 14.6 Å². The van der Waals surface area contributed by atoms with E-state index in [9.17, 15) is 5.11 Å². The fraction of sp³-hybridized carbons (Fsp3) is 0.250. The van der Waals surface area contributed by atoms with Gasteiger partial charge < -0.3 is 14.6 Å². The van der Waals surface area contributed by atoms with E-state index in [-0.39, 0.29) is 6.61 Å². The van der Waals surface area contributed by atoms with E-state index in [0.29, 0.717) is 29.7 Å². The highest BCUT2D eigenvalue weighted by Gasteiger charge is 2.12. The van der Waals surface area contributed by atoms with Gasteiger partial charge in [-0.1, -0.05) is 23.7 Å². The molecule has 0 saturated heterocycles. The Bertz CT molecular complexity index is 616. The van der Waals surface area contributed by atoms with Gasteiger partial charge in [-0.25, -0.2) is 0 Å². The van der Waals surface area contributed by atoms with Crippen LogP contribution < -0.4 is 9.47 Å². The van der Waals surface area contributed by atoms with Crippen molar-refractivity contribution in [3.8, 4) is 11.5 Å². The molecule has 0 fully saturated rings. The zero-order valence-corrected chi connectivity index (χ0v) is 14.5. The van der Waals surface area contributed by atoms with E-state index in [4.69, 9.17) is 21.1 Å². The summed E-state index contributed by atoms with van der Waals surface area (Å²) in [6.07, 6.45) is 0. The van der Waals surface area contributed by atoms with Crippen molar-refractivity contribution in [2.24, 2.45) is 0 Å². The Morgan fingerprint density at radius 3 is 2.62 bits per heavy atom. The molecule has 0 aliphatic rings. The molecule has 0 spiro atoms. The van der Waals surface area contributed by atoms with Gasteiger partial charge in [0.2, 0.25) is 0 Å². The Hall–Kier alpha value is -0.980. The maximum Gasteiger partial charge on any atom is 0.174 e. The minimum absolute atomic E-state index is 0.0232. The molecule has 1 N–H and O–H groups in total. The Balaban J connectivity index is 2.22. The lowest BCUT2D eigenvalue weighted by Crippen LogP contribution is -2.02. The molecule has 0 unspecified atom stereocenters. The van der Waals surface area contributed by atoms with Gasteiger partial charge in [-0.15, -0.1) is 0 Å². The first kappa shape index (κ1) is 16.4. The van der Waals surface area contributed by atoms with Gasteiger partial charge in [0.15, 0.2) is 11.5 Å². The normalized spacial score (nSPS) is 10.5. The highest BCUT2D eigenvalue weighted by atomic mass is 127. The lowest BCUT2D eigenvalue weighted by molar-refractivity contribution is 0.262. The van der Waals surface area contributed by atoms with Crippen molar-refractivity contribution in [2.45, 2.75) is 20.1 Å². The summed E-state index contributed by atoms with van der Waals surface area (Å²) in [4.78, 5) is 0. The van der Waals surface area contributed by atoms with Crippen LogP contribution >= 0.6 is 34.2 Å². The zero-order chi connectivity index (χ0) is 15.2. The minimum Gasteiger partial charge on any atom is -0.490 e. The van der Waals surface area contributed by atoms with Crippen molar-refractivity contribution in [3.05, 3.63) is 56.1 Å². The number of aliphatic hydroxyl groups excluding tert-OH is 1. The van der Waals surface area contributed by atoms with Crippen LogP contribution in [0.2, 0.25) is 5.02 Å². The lowest BCUT2D eigenvalue weighted by atomic mass is 10.2. The molecular weight excluding hydrogens is 403 g/mol. The molecule has 0 aromatic heterocycles. The fourth-order valence-electron chi connectivity index (χ4n) is 1.90. The second-order valence-corrected chi connectivity index (χ2v) is 6.01. The second kappa shape index (κ2) is 7.87. The van der Waals surface area contributed by atoms with E-state index in [1.165, 1.54) is 0 Å². The van der Waals surface area contributed by atoms with Crippen LogP contribution in [-0.2, 0) is 13.2 Å². The van der Waals surface area contributed by atoms with Gasteiger partial charge in [0.25, 0.3) is 0 Å². The predicted molar refractivity (Wildman–Crippen MR) is 92.0 cm³/mol. The standard InChI is InChI=1S/C16H16ClIO3/c1-2-20-15-8-12(9-19)7-14(18)16(15)21-10-11-4-3-5-13(17)6-11/h3-8,19H,2,9-10H2,1H3. The smallest absolute Gasteiger partial charge is 0.174 e. The summed E-state index contributed by atoms with van der Waals surface area (Å²) in [7, 11) is 0. The summed E-state index contributed by atoms with van der Waals surface area (Å²) in [5.41, 5.74) is 1.80. The topological polar surface area (TPSA) is 38.7 Å². The van der Waals surface area contributed by atoms with Crippen molar-refractivity contribution in [2.75, 3.05) is 6.61 Å². The second-order valence-electron chi connectivity index (χ2n) is 4.41. The van der Waals surface area contributed by atoms with Gasteiger partial charge in [-0.3, -0.25) is 0 Å². The Morgan fingerprint density at radius 2 is 1.95 bits per heavy atom. The molecule has 0 heterocycles. The summed E-state index contributed by atoms with van der Waals surface area (Å²) in [5.74, 6) is 1.34. The van der Waals surface area contributed by atoms with Crippen molar-refractivity contribution in [1.29, 1.82) is 0 Å². The van der Waals surface area contributed by atoms with Gasteiger partial charge in [0.05, 0.1) is 16.8 Å². The Labute approximate surface area is 143 Å². The molecule has 2 aromatic rings. The molecule has 2 aromatic carbocycles. The molecule has 0 atom stereocenters. The third-order valence-corrected chi connectivity index (χ3v) is 3.86. The van der Waals surface area contributed by atoms with Crippen molar-refractivity contribution in [1.82, 2.24) is 0 Å². The van der Waals surface area contributed by atoms with Crippen LogP contribution in [0.4, 0.5) is 0 Å². The fourth-order valence-corrected chi connectivity index (χ4v) is 2.93. The first-order chi connectivity index (χ1) is 10.1. The average Bonchev–Trinajstić information content (AvgIpc) is 2.46. The highest BCUT2D eigenvalue weighted by molar-refractivity contribution is 14.1. The van der Waals surface area contributed by atoms with Gasteiger partial charge in [0, 0.05) is 5.02 Å². The van der Waals surface area contributed by atoms with E-state index < -0.39 is 0 Å². The first-order valence-electron chi connectivity index (χ1n) is 6.57. The summed E-state index contributed by atoms with van der Waals surface area (Å²) < 4.78 is 12.4. The van der Waals surface area contributed by atoms with Gasteiger partial charge in [-0.05, 0) is 64.9 Å². The first-order valence-corrected chi connectivity index (χ1v) is 8.03. The van der Waals surface area contributed by atoms with Crippen LogP contribution in [0.3, 0.4) is 0 Å². The summed E-state index contributed by atoms with van der Waals surface area (Å²) in [6, 6.07) is 11.2. The van der Waals surface area contributed by atoms with E-state index >= 15 is 0 Å². The van der Waals surface area contributed by atoms with E-state index in [1.54, 1.807) is 6.07 Å². The van der Waals surface area contributed by atoms with E-state index in [2.05, 4.69) is 22.6 Å². The Morgan fingerprint density at radius 1 is 1.14 bits per heavy atom. The van der Waals surface area contributed by atoms with Gasteiger partial charge >= 0.3 is 0 Å². The van der Waals surface area contributed by atoms with Crippen LogP contribution in [0.15, 0.2) is 36.4 Å². The largest absolute Gasteiger partial charge is 0.490 e. The molecule has 0 saturated carbocycles. The number of halogens is 2. The molecule has 21 heavy (non-hydrogen) atoms. The maximum atomic E-state index is 9.27. The number of benzene rings is 2. The molecule has 0 bridgehead atoms. The highest BCUT2D eigenvalue weighted by Crippen LogP contribution is 2.35. The average molecular weight is 419 g/mol. The van der Waals surface area contributed by atoms with Crippen LogP contribution in [0.5, 0.6) is 11.5 Å². The molecular formula is C16H16ClIO3. The Kier molecular flexibility index (Phi) is 6.14. The third kappa shape index (κ3) is 4.49. The molecule has 0 radical (unpaired) electrons. The van der Waals surface area contributed by atoms with Gasteiger partial charge in [0.1, 0.15) is 6.61 Å². The van der Waals surface area contributed by atoms with Crippen molar-refractivity contribution in [3.63, 3.8) is 0 Å². The van der Waals surface area contributed by atoms with Gasteiger partial charge in [-0.2, -0.15) is 0 Å². The van der Waals surface area contributed by atoms with Crippen LogP contribution in [0.1, 0.15) is 18.1 Å². The van der Waals surface area contributed by atoms with Crippen LogP contribution in [-0.4, -0.2) is 11.7 Å². The zero-order valence-electron chi connectivity index (χ0n) is 11.6. The summed E-state index contributed by atoms with van der Waals surface area (Å²) in [5, 5.41) is 9.96. The summed E-state index contributed by atoms with van der Waals surface area (Å²) >= 11 is 8.15. The van der Waals surface area contributed by atoms with E-state index in [1.807, 2.05) is 37.3 Å². The van der Waals surface area contributed by atoms with Crippen LogP contribution in [0, 0.1) is 3.57 Å². The monoisotopic (exact) mass is 418 g/mol. The number of hydrogen-bond donors (Lipinski definition) is 1. The molecule has 5 heteroatoms. The molecule has 0 aliphatic heterocycles. The lowest BCUT2D eigenvalue weighted by Gasteiger charge is -2.15. The third-order valence-electron chi connectivity index (χ3n) is 2.82. The molecule has 0 aliphatic carbocycles. The minimum atomic E-state index is -0.0232. The predicted octanol–water partition coefficient (Wildman–Crippen LogP) is 4.41. The summed E-state index contributed by atoms with van der Waals surface area (Å²) in [6.45, 7) is 2.84. The molecule has 3 nitrogen and oxygen atoms in total. The number of hydrogen-bond acceptors (Lipinski definition) is 3. The number of aliphatic hydroxyl groups is 1. The quantitative estimate of drug-likeness (QED) is 0.706. The molecule has 2 rings (SSSR count). The van der Waals surface area contributed by atoms with E-state index in [0.717, 1.165) is 14.7 Å². The maximum absolute atomic E-state index is 9.27. The number of rotatable bonds is 6. The number of ether oxygens (including phenoxy) is 2. The molecule has 112 valence electrons. The SMILES string of the molecule is CCOc1cc(CO)cc(I)c1OCc1cccc(Cl)c1. The van der Waals surface area contributed by atoms with Crippen molar-refractivity contribution >= 4 is 34.2 Å². The molecule has 0 amide bonds.